The zero-order valence-corrected chi connectivity index (χ0v) is 19.1. The quantitative estimate of drug-likeness (QED) is 0.648. The van der Waals surface area contributed by atoms with Crippen molar-refractivity contribution in [1.82, 2.24) is 20.1 Å². The van der Waals surface area contributed by atoms with Gasteiger partial charge in [-0.05, 0) is 56.6 Å². The van der Waals surface area contributed by atoms with Crippen molar-refractivity contribution in [2.75, 3.05) is 26.7 Å². The summed E-state index contributed by atoms with van der Waals surface area (Å²) in [5, 5.41) is 13.1. The fourth-order valence-corrected chi connectivity index (χ4v) is 3.66. The Morgan fingerprint density at radius 2 is 2.00 bits per heavy atom. The Balaban J connectivity index is 1.65. The third-order valence-corrected chi connectivity index (χ3v) is 5.57. The first kappa shape index (κ1) is 23.8. The Hall–Kier alpha value is -2.87. The Kier molecular flexibility index (Phi) is 8.27. The first-order valence-electron chi connectivity index (χ1n) is 11.1. The van der Waals surface area contributed by atoms with Crippen LogP contribution >= 0.6 is 0 Å². The van der Waals surface area contributed by atoms with Crippen LogP contribution in [0.5, 0.6) is 11.5 Å². The second kappa shape index (κ2) is 11.1. The maximum Gasteiger partial charge on any atom is 0.318 e. The summed E-state index contributed by atoms with van der Waals surface area (Å²) in [5.41, 5.74) is 1.24. The molecule has 7 nitrogen and oxygen atoms in total. The molecule has 0 spiro atoms. The second-order valence-electron chi connectivity index (χ2n) is 8.79. The van der Waals surface area contributed by atoms with Crippen molar-refractivity contribution in [3.8, 4) is 11.5 Å². The Bertz CT molecular complexity index is 883. The molecule has 1 fully saturated rings. The summed E-state index contributed by atoms with van der Waals surface area (Å²) in [6, 6.07) is 8.48. The molecule has 1 aromatic carbocycles. The van der Waals surface area contributed by atoms with Gasteiger partial charge in [0.2, 0.25) is 0 Å². The smallest absolute Gasteiger partial charge is 0.318 e. The van der Waals surface area contributed by atoms with E-state index in [2.05, 4.69) is 36.1 Å². The van der Waals surface area contributed by atoms with Crippen molar-refractivity contribution < 1.29 is 19.0 Å². The highest BCUT2D eigenvalue weighted by atomic mass is 19.1. The molecule has 1 aliphatic heterocycles. The van der Waals surface area contributed by atoms with Crippen molar-refractivity contribution in [3.05, 3.63) is 53.6 Å². The Morgan fingerprint density at radius 3 is 2.62 bits per heavy atom. The molecule has 0 saturated carbocycles. The molecule has 32 heavy (non-hydrogen) atoms. The van der Waals surface area contributed by atoms with Gasteiger partial charge in [-0.2, -0.15) is 0 Å². The average Bonchev–Trinajstić information content (AvgIpc) is 2.77. The van der Waals surface area contributed by atoms with Crippen LogP contribution in [0.2, 0.25) is 0 Å². The van der Waals surface area contributed by atoms with E-state index in [1.165, 1.54) is 0 Å². The van der Waals surface area contributed by atoms with Crippen molar-refractivity contribution in [1.29, 1.82) is 0 Å². The highest BCUT2D eigenvalue weighted by Gasteiger charge is 2.28. The molecular formula is C24H33FN4O3. The van der Waals surface area contributed by atoms with Crippen molar-refractivity contribution in [3.63, 3.8) is 0 Å². The van der Waals surface area contributed by atoms with E-state index in [0.717, 1.165) is 49.5 Å². The second-order valence-corrected chi connectivity index (χ2v) is 8.79. The number of likely N-dealkylation sites (tertiary alicyclic amines) is 1. The molecule has 1 aliphatic rings. The molecule has 2 heterocycles. The number of benzene rings is 1. The molecule has 3 rings (SSSR count). The van der Waals surface area contributed by atoms with Gasteiger partial charge in [-0.3, -0.25) is 4.98 Å². The van der Waals surface area contributed by atoms with Crippen LogP contribution in [0.4, 0.5) is 9.18 Å². The van der Waals surface area contributed by atoms with Crippen LogP contribution in [-0.2, 0) is 13.1 Å². The van der Waals surface area contributed by atoms with E-state index in [0.29, 0.717) is 19.1 Å². The van der Waals surface area contributed by atoms with E-state index in [1.54, 1.807) is 4.90 Å². The van der Waals surface area contributed by atoms with Gasteiger partial charge in [0.25, 0.3) is 0 Å². The van der Waals surface area contributed by atoms with Crippen LogP contribution in [0.15, 0.2) is 36.5 Å². The Morgan fingerprint density at radius 1 is 1.31 bits per heavy atom. The van der Waals surface area contributed by atoms with Crippen molar-refractivity contribution in [2.24, 2.45) is 5.92 Å². The largest absolute Gasteiger partial charge is 0.506 e. The van der Waals surface area contributed by atoms with Crippen molar-refractivity contribution in [2.45, 2.75) is 45.8 Å². The number of aromatic nitrogens is 1. The number of hydrogen-bond donors (Lipinski definition) is 2. The molecule has 1 saturated heterocycles. The van der Waals surface area contributed by atoms with E-state index in [-0.39, 0.29) is 30.1 Å². The number of amides is 2. The molecule has 0 bridgehead atoms. The molecule has 0 atom stereocenters. The number of hydrogen-bond acceptors (Lipinski definition) is 5. The van der Waals surface area contributed by atoms with Crippen LogP contribution in [0.1, 0.15) is 37.9 Å². The van der Waals surface area contributed by atoms with E-state index >= 15 is 0 Å². The molecule has 2 aromatic rings. The van der Waals surface area contributed by atoms with E-state index in [1.807, 2.05) is 24.3 Å². The summed E-state index contributed by atoms with van der Waals surface area (Å²) < 4.78 is 19.0. The molecular weight excluding hydrogens is 411 g/mol. The molecule has 8 heteroatoms. The third kappa shape index (κ3) is 6.82. The predicted molar refractivity (Wildman–Crippen MR) is 121 cm³/mol. The van der Waals surface area contributed by atoms with Gasteiger partial charge in [0.15, 0.2) is 0 Å². The van der Waals surface area contributed by atoms with Gasteiger partial charge < -0.3 is 25.0 Å². The monoisotopic (exact) mass is 444 g/mol. The first-order chi connectivity index (χ1) is 15.3. The number of pyridine rings is 1. The minimum absolute atomic E-state index is 0.0178. The van der Waals surface area contributed by atoms with Gasteiger partial charge >= 0.3 is 6.03 Å². The number of urea groups is 1. The van der Waals surface area contributed by atoms with E-state index in [9.17, 15) is 14.3 Å². The molecule has 0 unspecified atom stereocenters. The van der Waals surface area contributed by atoms with Crippen LogP contribution in [0, 0.1) is 11.7 Å². The number of nitrogens with one attached hydrogen (secondary N) is 1. The van der Waals surface area contributed by atoms with Gasteiger partial charge in [-0.1, -0.05) is 26.0 Å². The summed E-state index contributed by atoms with van der Waals surface area (Å²) in [6.07, 6.45) is 2.71. The minimum Gasteiger partial charge on any atom is -0.506 e. The number of ether oxygens (including phenoxy) is 1. The standard InChI is InChI=1S/C24H33FN4O3/c1-17(2)16-32-21-6-4-18(5-7-21)13-27-24(31)29(20-8-10-28(3)11-9-20)15-22-23(30)12-19(25)14-26-22/h4-7,12,14,17,20,30H,8-11,13,15-16H2,1-3H3,(H,27,31). The maximum atomic E-state index is 13.3. The van der Waals surface area contributed by atoms with Crippen LogP contribution in [0.25, 0.3) is 0 Å². The zero-order valence-electron chi connectivity index (χ0n) is 19.1. The average molecular weight is 445 g/mol. The third-order valence-electron chi connectivity index (χ3n) is 5.57. The summed E-state index contributed by atoms with van der Waals surface area (Å²) in [4.78, 5) is 21.0. The lowest BCUT2D eigenvalue weighted by Crippen LogP contribution is -2.49. The molecule has 1 aromatic heterocycles. The fraction of sp³-hybridized carbons (Fsp3) is 0.500. The number of nitrogens with zero attached hydrogens (tertiary/aromatic N) is 3. The fourth-order valence-electron chi connectivity index (χ4n) is 3.66. The summed E-state index contributed by atoms with van der Waals surface area (Å²) in [5.74, 6) is 0.407. The van der Waals surface area contributed by atoms with Gasteiger partial charge in [-0.25, -0.2) is 9.18 Å². The lowest BCUT2D eigenvalue weighted by atomic mass is 10.0. The van der Waals surface area contributed by atoms with Crippen LogP contribution in [0.3, 0.4) is 0 Å². The number of halogens is 1. The van der Waals surface area contributed by atoms with Gasteiger partial charge in [-0.15, -0.1) is 0 Å². The topological polar surface area (TPSA) is 77.9 Å². The van der Waals surface area contributed by atoms with Crippen LogP contribution in [-0.4, -0.2) is 58.7 Å². The lowest BCUT2D eigenvalue weighted by Gasteiger charge is -2.37. The zero-order chi connectivity index (χ0) is 23.1. The number of carbonyl (C=O) groups excluding carboxylic acids is 1. The Labute approximate surface area is 189 Å². The van der Waals surface area contributed by atoms with Gasteiger partial charge in [0, 0.05) is 18.7 Å². The number of aromatic hydroxyl groups is 1. The summed E-state index contributed by atoms with van der Waals surface area (Å²) in [7, 11) is 2.06. The van der Waals surface area contributed by atoms with Crippen LogP contribution < -0.4 is 10.1 Å². The SMILES string of the molecule is CC(C)COc1ccc(CNC(=O)N(Cc2ncc(F)cc2O)C2CCN(C)CC2)cc1. The van der Waals surface area contributed by atoms with Crippen molar-refractivity contribution >= 4 is 6.03 Å². The van der Waals surface area contributed by atoms with E-state index < -0.39 is 5.82 Å². The molecule has 2 N–H and O–H groups in total. The molecule has 174 valence electrons. The number of piperidine rings is 1. The van der Waals surface area contributed by atoms with Gasteiger partial charge in [0.1, 0.15) is 23.0 Å². The number of rotatable bonds is 8. The summed E-state index contributed by atoms with van der Waals surface area (Å²) in [6.45, 7) is 7.11. The predicted octanol–water partition coefficient (Wildman–Crippen LogP) is 3.77. The molecule has 0 radical (unpaired) electrons. The minimum atomic E-state index is -0.609. The number of carbonyl (C=O) groups is 1. The maximum absolute atomic E-state index is 13.3. The highest BCUT2D eigenvalue weighted by molar-refractivity contribution is 5.74. The first-order valence-corrected chi connectivity index (χ1v) is 11.1. The van der Waals surface area contributed by atoms with E-state index in [4.69, 9.17) is 4.74 Å². The highest BCUT2D eigenvalue weighted by Crippen LogP contribution is 2.22. The van der Waals surface area contributed by atoms with Gasteiger partial charge in [0.05, 0.1) is 19.3 Å². The lowest BCUT2D eigenvalue weighted by molar-refractivity contribution is 0.125. The normalized spacial score (nSPS) is 15.0. The summed E-state index contributed by atoms with van der Waals surface area (Å²) >= 11 is 0. The molecule has 2 amide bonds. The molecule has 0 aliphatic carbocycles.